The van der Waals surface area contributed by atoms with E-state index < -0.39 is 46.9 Å². The fourth-order valence-corrected chi connectivity index (χ4v) is 10.7. The van der Waals surface area contributed by atoms with E-state index in [9.17, 15) is 29.1 Å². The zero-order valence-electron chi connectivity index (χ0n) is 41.0. The number of pyridine rings is 1. The van der Waals surface area contributed by atoms with Crippen molar-refractivity contribution in [3.8, 4) is 28.1 Å². The van der Waals surface area contributed by atoms with Crippen LogP contribution in [0, 0.1) is 11.3 Å². The highest BCUT2D eigenvalue weighted by atomic mass is 16.5. The van der Waals surface area contributed by atoms with Gasteiger partial charge in [-0.3, -0.25) is 34.0 Å². The third-order valence-corrected chi connectivity index (χ3v) is 14.4. The van der Waals surface area contributed by atoms with Crippen molar-refractivity contribution in [1.82, 2.24) is 40.4 Å². The average molecular weight is 933 g/mol. The van der Waals surface area contributed by atoms with Crippen LogP contribution in [0.1, 0.15) is 97.1 Å². The van der Waals surface area contributed by atoms with Gasteiger partial charge in [0.25, 0.3) is 5.91 Å². The quantitative estimate of drug-likeness (QED) is 0.119. The molecule has 4 N–H and O–H groups in total. The minimum absolute atomic E-state index is 0.0131. The van der Waals surface area contributed by atoms with Crippen LogP contribution in [-0.2, 0) is 52.8 Å². The van der Waals surface area contributed by atoms with E-state index in [4.69, 9.17) is 14.5 Å². The van der Waals surface area contributed by atoms with Gasteiger partial charge in [0.1, 0.15) is 29.4 Å². The van der Waals surface area contributed by atoms with Crippen molar-refractivity contribution in [1.29, 1.82) is 0 Å². The van der Waals surface area contributed by atoms with E-state index >= 15 is 0 Å². The lowest BCUT2D eigenvalue weighted by Crippen LogP contribution is -2.64. The summed E-state index contributed by atoms with van der Waals surface area (Å²) in [5.74, 6) is -2.36. The number of hydrogen-bond acceptors (Lipinski definition) is 11. The molecule has 8 rings (SSSR count). The lowest BCUT2D eigenvalue weighted by Gasteiger charge is -2.41. The molecule has 0 saturated carbocycles. The number of likely N-dealkylation sites (N-methyl/N-ethyl adjacent to an activating group) is 1. The van der Waals surface area contributed by atoms with Crippen molar-refractivity contribution < 1.29 is 38.6 Å². The number of aromatic hydroxyl groups is 1. The van der Waals surface area contributed by atoms with Gasteiger partial charge in [-0.2, -0.15) is 0 Å². The van der Waals surface area contributed by atoms with E-state index in [-0.39, 0.29) is 55.2 Å². The number of amides is 4. The maximum Gasteiger partial charge on any atom is 0.324 e. The van der Waals surface area contributed by atoms with E-state index in [0.717, 1.165) is 39.0 Å². The molecule has 2 aromatic heterocycles. The minimum Gasteiger partial charge on any atom is -0.508 e. The topological polar surface area (TPSA) is 198 Å². The Bertz CT molecular complexity index is 2600. The Morgan fingerprint density at radius 2 is 1.81 bits per heavy atom. The van der Waals surface area contributed by atoms with E-state index in [1.807, 2.05) is 39.0 Å². The Balaban J connectivity index is 1.20. The molecule has 6 heterocycles. The number of benzene rings is 2. The fourth-order valence-electron chi connectivity index (χ4n) is 10.7. The molecular formula is C52H68N8O8. The predicted octanol–water partition coefficient (Wildman–Crippen LogP) is 5.29. The second kappa shape index (κ2) is 19.3. The van der Waals surface area contributed by atoms with Crippen LogP contribution in [0.5, 0.6) is 5.75 Å². The first-order valence-corrected chi connectivity index (χ1v) is 24.2. The molecule has 2 aromatic carbocycles. The Labute approximate surface area is 399 Å². The number of nitrogens with one attached hydrogen (secondary N) is 3. The number of esters is 1. The van der Waals surface area contributed by atoms with Gasteiger partial charge in [-0.05, 0) is 117 Å². The number of aromatic nitrogens is 2. The molecular weight excluding hydrogens is 865 g/mol. The number of fused-ring (bicyclic) bond motifs is 6. The Kier molecular flexibility index (Phi) is 13.8. The van der Waals surface area contributed by atoms with Gasteiger partial charge in [0, 0.05) is 74.8 Å². The number of methoxy groups -OCH3 is 1. The number of hydrazine groups is 1. The highest BCUT2D eigenvalue weighted by molar-refractivity contribution is 5.98. The Morgan fingerprint density at radius 1 is 1.04 bits per heavy atom. The smallest absolute Gasteiger partial charge is 0.324 e. The summed E-state index contributed by atoms with van der Waals surface area (Å²) in [5, 5.41) is 19.8. The van der Waals surface area contributed by atoms with Gasteiger partial charge < -0.3 is 39.6 Å². The molecule has 16 nitrogen and oxygen atoms in total. The highest BCUT2D eigenvalue weighted by Gasteiger charge is 2.51. The second-order valence-electron chi connectivity index (χ2n) is 20.5. The summed E-state index contributed by atoms with van der Waals surface area (Å²) < 4.78 is 14.2. The number of phenols is 1. The SMILES string of the molecule is CCn1c(-c2cccnc2[C@H](C)OC)c2c3cc(ccc31)-c1cc(O)cc(c1)C[C@H](NC(=O)[C@H](C(C)C)N(C)C(=O)[C@@]1(C)CCCN1C(=O)[C@@H]1CN1)C(=O)N1CCC[C@H](N1)C(=O)OCC(C)(C)C2. The molecule has 0 unspecified atom stereocenters. The van der Waals surface area contributed by atoms with Crippen LogP contribution in [0.3, 0.4) is 0 Å². The molecule has 16 heteroatoms. The summed E-state index contributed by atoms with van der Waals surface area (Å²) in [5.41, 5.74) is 8.40. The largest absolute Gasteiger partial charge is 0.508 e. The van der Waals surface area contributed by atoms with Gasteiger partial charge in [-0.1, -0.05) is 39.8 Å². The fraction of sp³-hybridized carbons (Fsp3) is 0.538. The van der Waals surface area contributed by atoms with E-state index in [1.54, 1.807) is 44.3 Å². The van der Waals surface area contributed by atoms with Crippen molar-refractivity contribution in [3.05, 3.63) is 71.5 Å². The van der Waals surface area contributed by atoms with Crippen molar-refractivity contribution in [3.63, 3.8) is 0 Å². The molecule has 4 aliphatic heterocycles. The number of rotatable bonds is 10. The van der Waals surface area contributed by atoms with Crippen molar-refractivity contribution in [2.75, 3.05) is 40.4 Å². The van der Waals surface area contributed by atoms with Crippen LogP contribution >= 0.6 is 0 Å². The number of nitrogens with zero attached hydrogens (tertiary/aromatic N) is 5. The number of hydrogen-bond donors (Lipinski definition) is 4. The van der Waals surface area contributed by atoms with E-state index in [0.29, 0.717) is 62.9 Å². The van der Waals surface area contributed by atoms with Crippen LogP contribution in [0.2, 0.25) is 0 Å². The van der Waals surface area contributed by atoms with Crippen molar-refractivity contribution >= 4 is 40.5 Å². The van der Waals surface area contributed by atoms with Gasteiger partial charge in [0.05, 0.1) is 30.1 Å². The maximum atomic E-state index is 14.8. The number of ether oxygens (including phenoxy) is 2. The number of carbonyl (C=O) groups excluding carboxylic acids is 5. The minimum atomic E-state index is -1.18. The summed E-state index contributed by atoms with van der Waals surface area (Å²) in [6.45, 7) is 15.8. The molecule has 0 aliphatic carbocycles. The molecule has 4 amide bonds. The molecule has 0 radical (unpaired) electrons. The molecule has 6 bridgehead atoms. The number of carbonyl (C=O) groups is 5. The van der Waals surface area contributed by atoms with E-state index in [1.165, 1.54) is 9.91 Å². The van der Waals surface area contributed by atoms with Gasteiger partial charge in [0.15, 0.2) is 0 Å². The monoisotopic (exact) mass is 933 g/mol. The number of aryl methyl sites for hydroxylation is 1. The third kappa shape index (κ3) is 9.46. The van der Waals surface area contributed by atoms with Crippen LogP contribution in [0.25, 0.3) is 33.3 Å². The first-order valence-electron chi connectivity index (χ1n) is 24.2. The molecule has 3 fully saturated rings. The van der Waals surface area contributed by atoms with Gasteiger partial charge in [-0.25, -0.2) is 5.43 Å². The summed E-state index contributed by atoms with van der Waals surface area (Å²) in [4.78, 5) is 79.2. The van der Waals surface area contributed by atoms with Crippen LogP contribution in [-0.4, -0.2) is 129 Å². The first kappa shape index (κ1) is 48.6. The zero-order chi connectivity index (χ0) is 48.8. The summed E-state index contributed by atoms with van der Waals surface area (Å²) in [6, 6.07) is 12.2. The van der Waals surface area contributed by atoms with Crippen LogP contribution in [0.4, 0.5) is 0 Å². The summed E-state index contributed by atoms with van der Waals surface area (Å²) >= 11 is 0. The number of likely N-dealkylation sites (tertiary alicyclic amines) is 1. The summed E-state index contributed by atoms with van der Waals surface area (Å²) in [7, 11) is 3.26. The predicted molar refractivity (Wildman–Crippen MR) is 258 cm³/mol. The van der Waals surface area contributed by atoms with E-state index in [2.05, 4.69) is 59.6 Å². The Hall–Kier alpha value is -5.84. The molecule has 6 atom stereocenters. The number of cyclic esters (lactones) is 1. The maximum absolute atomic E-state index is 14.8. The lowest BCUT2D eigenvalue weighted by atomic mass is 9.84. The van der Waals surface area contributed by atoms with Crippen LogP contribution < -0.4 is 16.1 Å². The van der Waals surface area contributed by atoms with Crippen LogP contribution in [0.15, 0.2) is 54.7 Å². The molecule has 0 spiro atoms. The molecule has 4 aromatic rings. The third-order valence-electron chi connectivity index (χ3n) is 14.4. The van der Waals surface area contributed by atoms with Gasteiger partial charge >= 0.3 is 5.97 Å². The molecule has 4 aliphatic rings. The first-order chi connectivity index (χ1) is 32.3. The molecule has 68 heavy (non-hydrogen) atoms. The highest BCUT2D eigenvalue weighted by Crippen LogP contribution is 2.42. The molecule has 3 saturated heterocycles. The lowest BCUT2D eigenvalue weighted by molar-refractivity contribution is -0.156. The standard InChI is InChI=1S/C52H68N8O8/c1-10-58-42-17-16-33-26-37(42)38(45(58)36-14-11-19-53-43(36)31(4)67-9)27-51(5,6)29-68-49(65)39-15-12-21-60(56-39)48(64)40(24-32-22-34(33)25-35(61)23-32)55-46(62)44(30(2)3)57(8)50(66)52(7)18-13-20-59(52)47(63)41-28-54-41/h11,14,16-17,19,22-23,25-26,30-31,39-41,44,54,56,61H,10,12-13,15,18,20-21,24,27-29H2,1-9H3,(H,55,62)/t31-,39-,40-,41-,44-,52+/m0/s1. The second-order valence-corrected chi connectivity index (χ2v) is 20.5. The van der Waals surface area contributed by atoms with Gasteiger partial charge in [-0.15, -0.1) is 0 Å². The van der Waals surface area contributed by atoms with Crippen molar-refractivity contribution in [2.24, 2.45) is 11.3 Å². The summed E-state index contributed by atoms with van der Waals surface area (Å²) in [6.07, 6.45) is 4.07. The normalized spacial score (nSPS) is 23.8. The number of phenolic OH excluding ortho intramolecular Hbond substituents is 1. The Morgan fingerprint density at radius 3 is 2.51 bits per heavy atom. The molecule has 364 valence electrons. The van der Waals surface area contributed by atoms with Crippen molar-refractivity contribution in [2.45, 2.75) is 129 Å². The average Bonchev–Trinajstić information content (AvgIpc) is 4.03. The van der Waals surface area contributed by atoms with Gasteiger partial charge in [0.2, 0.25) is 17.7 Å². The zero-order valence-corrected chi connectivity index (χ0v) is 41.0.